The third kappa shape index (κ3) is 14.4. The first-order chi connectivity index (χ1) is 40.4. The lowest BCUT2D eigenvalue weighted by atomic mass is 9.86. The summed E-state index contributed by atoms with van der Waals surface area (Å²) < 4.78 is 93.7. The molecule has 0 unspecified atom stereocenters. The molecule has 2 aliphatic rings. The molecule has 3 amide bonds. The van der Waals surface area contributed by atoms with Crippen LogP contribution in [0.4, 0.5) is 31.1 Å². The van der Waals surface area contributed by atoms with Crippen molar-refractivity contribution < 1.29 is 55.1 Å². The van der Waals surface area contributed by atoms with Crippen molar-refractivity contribution >= 4 is 29.5 Å². The van der Waals surface area contributed by atoms with Crippen LogP contribution in [0.15, 0.2) is 109 Å². The zero-order valence-electron chi connectivity index (χ0n) is 47.3. The molecule has 0 saturated heterocycles. The minimum absolute atomic E-state index is 0.0238. The number of nitrogens with zero attached hydrogens (tertiary/aromatic N) is 7. The van der Waals surface area contributed by atoms with Crippen molar-refractivity contribution in [2.75, 3.05) is 0 Å². The van der Waals surface area contributed by atoms with E-state index in [2.05, 4.69) is 20.2 Å². The predicted octanol–water partition coefficient (Wildman–Crippen LogP) is 11.3. The van der Waals surface area contributed by atoms with Crippen LogP contribution in [0.2, 0.25) is 0 Å². The molecule has 0 spiro atoms. The molecular formula is C64H61F6N9O6. The summed E-state index contributed by atoms with van der Waals surface area (Å²) in [5.41, 5.74) is 18.6. The van der Waals surface area contributed by atoms with Gasteiger partial charge < -0.3 is 16.2 Å². The number of carbonyl (C=O) groups is 5. The van der Waals surface area contributed by atoms with Gasteiger partial charge >= 0.3 is 6.09 Å². The highest BCUT2D eigenvalue weighted by molar-refractivity contribution is 5.95. The average Bonchev–Trinajstić information content (AvgIpc) is 3.24. The SMILES string of the molecule is Cc1c2c(nn1CC(=O)C[C@@H](Cc1cc(F)cc(F)c1)c1ncccc1-c1ccc(F)c(C(N)=O)c1)CCC2.Cc1c2c(nn1CC(=O)C[C@@H](Cc1cc(F)cc(F)c1)c1ncccc1-c1ccc(F)c(C(N)=O)c1)CN(C(=O)OC(C)(C)C)C2. The Labute approximate surface area is 486 Å². The van der Waals surface area contributed by atoms with Crippen LogP contribution in [-0.4, -0.2) is 69.5 Å². The van der Waals surface area contributed by atoms with Gasteiger partial charge in [-0.25, -0.2) is 31.1 Å². The van der Waals surface area contributed by atoms with Crippen LogP contribution in [-0.2, 0) is 66.2 Å². The van der Waals surface area contributed by atoms with Crippen LogP contribution in [0, 0.1) is 48.8 Å². The first-order valence-electron chi connectivity index (χ1n) is 27.5. The number of primary amides is 2. The smallest absolute Gasteiger partial charge is 0.410 e. The van der Waals surface area contributed by atoms with Crippen molar-refractivity contribution in [3.05, 3.63) is 212 Å². The van der Waals surface area contributed by atoms with E-state index in [4.69, 9.17) is 16.2 Å². The van der Waals surface area contributed by atoms with Crippen LogP contribution >= 0.6 is 0 Å². The Bertz CT molecular complexity index is 3870. The number of carbonyl (C=O) groups excluding carboxylic acids is 5. The van der Waals surface area contributed by atoms with Crippen molar-refractivity contribution in [3.8, 4) is 22.3 Å². The van der Waals surface area contributed by atoms with E-state index in [9.17, 15) is 50.3 Å². The van der Waals surface area contributed by atoms with E-state index in [1.165, 1.54) is 60.3 Å². The molecule has 5 heterocycles. The minimum atomic E-state index is -0.942. The summed E-state index contributed by atoms with van der Waals surface area (Å²) in [7, 11) is 0. The summed E-state index contributed by atoms with van der Waals surface area (Å²) in [6.07, 6.45) is 5.69. The average molecular weight is 1170 g/mol. The Kier molecular flexibility index (Phi) is 18.0. The fraction of sp³-hybridized carbons (Fsp3) is 0.297. The first kappa shape index (κ1) is 60.3. The van der Waals surface area contributed by atoms with E-state index >= 15 is 0 Å². The molecule has 440 valence electrons. The normalized spacial score (nSPS) is 13.4. The lowest BCUT2D eigenvalue weighted by Crippen LogP contribution is -2.33. The number of aromatic nitrogens is 6. The number of pyridine rings is 2. The maximum Gasteiger partial charge on any atom is 0.410 e. The highest BCUT2D eigenvalue weighted by Crippen LogP contribution is 2.37. The summed E-state index contributed by atoms with van der Waals surface area (Å²) >= 11 is 0. The molecular weight excluding hydrogens is 1100 g/mol. The van der Waals surface area contributed by atoms with Crippen molar-refractivity contribution in [3.63, 3.8) is 0 Å². The van der Waals surface area contributed by atoms with Gasteiger partial charge in [0.05, 0.1) is 60.1 Å². The largest absolute Gasteiger partial charge is 0.444 e. The molecule has 4 aromatic heterocycles. The van der Waals surface area contributed by atoms with Gasteiger partial charge in [0.25, 0.3) is 11.8 Å². The van der Waals surface area contributed by atoms with Crippen molar-refractivity contribution in [2.24, 2.45) is 11.5 Å². The van der Waals surface area contributed by atoms with Crippen LogP contribution < -0.4 is 11.5 Å². The molecule has 0 fully saturated rings. The molecule has 0 bridgehead atoms. The Hall–Kier alpha value is -9.27. The Balaban J connectivity index is 0.000000206. The molecule has 15 nitrogen and oxygen atoms in total. The van der Waals surface area contributed by atoms with E-state index < -0.39 is 70.2 Å². The maximum absolute atomic E-state index is 14.3. The van der Waals surface area contributed by atoms with Gasteiger partial charge in [-0.15, -0.1) is 0 Å². The summed E-state index contributed by atoms with van der Waals surface area (Å²) in [5.74, 6) is -7.90. The van der Waals surface area contributed by atoms with Crippen molar-refractivity contribution in [2.45, 2.75) is 123 Å². The van der Waals surface area contributed by atoms with Crippen LogP contribution in [0.3, 0.4) is 0 Å². The number of amides is 3. The van der Waals surface area contributed by atoms with E-state index in [1.807, 2.05) is 13.8 Å². The van der Waals surface area contributed by atoms with Gasteiger partial charge in [0.1, 0.15) is 40.5 Å². The van der Waals surface area contributed by atoms with Crippen molar-refractivity contribution in [1.29, 1.82) is 0 Å². The van der Waals surface area contributed by atoms with Crippen LogP contribution in [0.1, 0.15) is 129 Å². The van der Waals surface area contributed by atoms with Gasteiger partial charge in [0, 0.05) is 77.3 Å². The number of ether oxygens (including phenoxy) is 1. The van der Waals surface area contributed by atoms with E-state index in [-0.39, 0.29) is 68.0 Å². The number of benzene rings is 4. The van der Waals surface area contributed by atoms with E-state index in [0.29, 0.717) is 57.0 Å². The van der Waals surface area contributed by atoms with Gasteiger partial charge in [0.15, 0.2) is 11.6 Å². The molecule has 85 heavy (non-hydrogen) atoms. The quantitative estimate of drug-likeness (QED) is 0.0776. The van der Waals surface area contributed by atoms with Gasteiger partial charge in [-0.2, -0.15) is 10.2 Å². The second-order valence-electron chi connectivity index (χ2n) is 22.4. The molecule has 0 saturated carbocycles. The molecule has 4 aromatic carbocycles. The summed E-state index contributed by atoms with van der Waals surface area (Å²) in [6, 6.07) is 21.1. The number of hydrogen-bond donors (Lipinski definition) is 2. The summed E-state index contributed by atoms with van der Waals surface area (Å²) in [5, 5.41) is 9.22. The molecule has 10 rings (SSSR count). The first-order valence-corrected chi connectivity index (χ1v) is 27.5. The van der Waals surface area contributed by atoms with E-state index in [1.54, 1.807) is 65.5 Å². The lowest BCUT2D eigenvalue weighted by Gasteiger charge is -2.24. The fourth-order valence-corrected chi connectivity index (χ4v) is 11.1. The number of ketones is 2. The third-order valence-electron chi connectivity index (χ3n) is 15.0. The summed E-state index contributed by atoms with van der Waals surface area (Å²) in [6.45, 7) is 9.71. The molecule has 4 N–H and O–H groups in total. The highest BCUT2D eigenvalue weighted by atomic mass is 19.2. The number of rotatable bonds is 18. The van der Waals surface area contributed by atoms with Gasteiger partial charge in [-0.3, -0.25) is 43.4 Å². The lowest BCUT2D eigenvalue weighted by molar-refractivity contribution is -0.121. The maximum atomic E-state index is 14.3. The molecule has 1 aliphatic heterocycles. The second kappa shape index (κ2) is 25.3. The molecule has 1 aliphatic carbocycles. The topological polar surface area (TPSA) is 211 Å². The third-order valence-corrected chi connectivity index (χ3v) is 15.0. The predicted molar refractivity (Wildman–Crippen MR) is 303 cm³/mol. The Morgan fingerprint density at radius 2 is 1.02 bits per heavy atom. The van der Waals surface area contributed by atoms with Crippen LogP contribution in [0.25, 0.3) is 22.3 Å². The fourth-order valence-electron chi connectivity index (χ4n) is 11.1. The molecule has 2 atom stereocenters. The van der Waals surface area contributed by atoms with Crippen LogP contribution in [0.5, 0.6) is 0 Å². The molecule has 8 aromatic rings. The zero-order chi connectivity index (χ0) is 61.0. The Morgan fingerprint density at radius 1 is 0.576 bits per heavy atom. The second-order valence-corrected chi connectivity index (χ2v) is 22.4. The number of fused-ring (bicyclic) bond motifs is 2. The monoisotopic (exact) mass is 1170 g/mol. The van der Waals surface area contributed by atoms with Gasteiger partial charge in [0.2, 0.25) is 0 Å². The Morgan fingerprint density at radius 3 is 1.45 bits per heavy atom. The number of Topliss-reactive ketones (excluding diaryl/α,β-unsaturated/α-hetero) is 2. The summed E-state index contributed by atoms with van der Waals surface area (Å²) in [4.78, 5) is 73.8. The van der Waals surface area contributed by atoms with Crippen molar-refractivity contribution in [1.82, 2.24) is 34.4 Å². The number of nitrogens with two attached hydrogens (primary N) is 2. The number of halogens is 6. The highest BCUT2D eigenvalue weighted by Gasteiger charge is 2.33. The standard InChI is InChI=1S/C34H34F3N5O4.C30H27F3N4O2/c1-19-28-17-41(33(45)46-34(2,3)4)18-30(28)40-42(19)16-25(43)13-22(10-20-11-23(35)15-24(36)12-20)31-26(6-5-9-39-31)21-7-8-29(37)27(14-21)32(38)44;1-17-24-4-2-6-28(24)36-37(17)16-23(38)13-20(10-18-11-21(31)15-22(32)12-18)29-25(5-3-9-35-29)19-7-8-27(33)26(14-19)30(34)39/h5-9,11-12,14-15,22H,10,13,16-18H2,1-4H3,(H2,38,44);3,5,7-9,11-12,14-15,20H,2,4,6,10,13,16H2,1H3,(H2,34,39)/t22-;20-/m11/s1. The minimum Gasteiger partial charge on any atom is -0.444 e. The molecule has 21 heteroatoms. The van der Waals surface area contributed by atoms with Gasteiger partial charge in [-0.05, 0) is 155 Å². The van der Waals surface area contributed by atoms with E-state index in [0.717, 1.165) is 66.2 Å². The zero-order valence-corrected chi connectivity index (χ0v) is 47.3. The van der Waals surface area contributed by atoms with Gasteiger partial charge in [-0.1, -0.05) is 24.3 Å². The number of hydrogen-bond acceptors (Lipinski definition) is 10. The molecule has 0 radical (unpaired) electrons. The number of aryl methyl sites for hydroxylation is 1.